The number of ether oxygens (including phenoxy) is 2. The number of carbonyl (C=O) groups excluding carboxylic acids is 2. The lowest BCUT2D eigenvalue weighted by Crippen LogP contribution is -2.47. The monoisotopic (exact) mass is 241 g/mol. The normalized spacial score (nSPS) is 36.9. The van der Waals surface area contributed by atoms with Crippen LogP contribution in [0, 0.1) is 11.3 Å². The van der Waals surface area contributed by atoms with Gasteiger partial charge in [-0.25, -0.2) is 4.79 Å². The summed E-state index contributed by atoms with van der Waals surface area (Å²) in [5, 5.41) is 2.74. The second-order valence-corrected chi connectivity index (χ2v) is 5.00. The summed E-state index contributed by atoms with van der Waals surface area (Å²) >= 11 is 0. The average molecular weight is 241 g/mol. The Balaban J connectivity index is 2.17. The largest absolute Gasteiger partial charge is 0.464 e. The number of amides is 1. The van der Waals surface area contributed by atoms with E-state index >= 15 is 0 Å². The summed E-state index contributed by atoms with van der Waals surface area (Å²) in [4.78, 5) is 23.5. The molecule has 2 aliphatic rings. The van der Waals surface area contributed by atoms with E-state index in [-0.39, 0.29) is 23.2 Å². The molecule has 96 valence electrons. The number of hydrogen-bond donors (Lipinski definition) is 1. The lowest BCUT2D eigenvalue weighted by Gasteiger charge is -2.33. The third kappa shape index (κ3) is 2.16. The third-order valence-electron chi connectivity index (χ3n) is 3.89. The Hall–Kier alpha value is -1.10. The number of hydrogen-bond acceptors (Lipinski definition) is 4. The molecule has 1 amide bonds. The Morgan fingerprint density at radius 3 is 3.00 bits per heavy atom. The van der Waals surface area contributed by atoms with Crippen LogP contribution in [-0.2, 0) is 19.1 Å². The molecule has 2 saturated heterocycles. The van der Waals surface area contributed by atoms with Gasteiger partial charge in [0.25, 0.3) is 0 Å². The summed E-state index contributed by atoms with van der Waals surface area (Å²) < 4.78 is 10.4. The quantitative estimate of drug-likeness (QED) is 0.730. The van der Waals surface area contributed by atoms with Crippen molar-refractivity contribution in [2.75, 3.05) is 19.8 Å². The van der Waals surface area contributed by atoms with Crippen LogP contribution in [0.25, 0.3) is 0 Å². The van der Waals surface area contributed by atoms with Crippen molar-refractivity contribution in [1.29, 1.82) is 0 Å². The van der Waals surface area contributed by atoms with Gasteiger partial charge in [0, 0.05) is 18.4 Å². The van der Waals surface area contributed by atoms with Crippen molar-refractivity contribution in [2.24, 2.45) is 11.3 Å². The first kappa shape index (κ1) is 12.4. The summed E-state index contributed by atoms with van der Waals surface area (Å²) in [5.41, 5.74) is -0.375. The zero-order chi connectivity index (χ0) is 12.5. The van der Waals surface area contributed by atoms with Gasteiger partial charge in [-0.3, -0.25) is 4.79 Å². The molecule has 2 rings (SSSR count). The molecule has 0 spiro atoms. The maximum atomic E-state index is 11.9. The van der Waals surface area contributed by atoms with Crippen LogP contribution in [0.5, 0.6) is 0 Å². The predicted octanol–water partition coefficient (Wildman–Crippen LogP) is 0.481. The van der Waals surface area contributed by atoms with Gasteiger partial charge in [0.2, 0.25) is 5.91 Å². The second kappa shape index (κ2) is 4.64. The first-order valence-corrected chi connectivity index (χ1v) is 6.11. The third-order valence-corrected chi connectivity index (χ3v) is 3.89. The van der Waals surface area contributed by atoms with Crippen LogP contribution in [-0.4, -0.2) is 37.7 Å². The van der Waals surface area contributed by atoms with Crippen molar-refractivity contribution in [3.05, 3.63) is 0 Å². The van der Waals surface area contributed by atoms with Crippen LogP contribution in [0.15, 0.2) is 0 Å². The summed E-state index contributed by atoms with van der Waals surface area (Å²) in [6, 6.07) is -0.526. The number of carbonyl (C=O) groups is 2. The Bertz CT molecular complexity index is 324. The molecule has 5 heteroatoms. The van der Waals surface area contributed by atoms with E-state index < -0.39 is 6.04 Å². The van der Waals surface area contributed by atoms with Crippen molar-refractivity contribution in [2.45, 2.75) is 32.7 Å². The lowest BCUT2D eigenvalue weighted by molar-refractivity contribution is -0.149. The molecular weight excluding hydrogens is 222 g/mol. The second-order valence-electron chi connectivity index (χ2n) is 5.00. The summed E-state index contributed by atoms with van der Waals surface area (Å²) in [5.74, 6) is -0.152. The minimum atomic E-state index is -0.526. The molecule has 5 nitrogen and oxygen atoms in total. The van der Waals surface area contributed by atoms with Gasteiger partial charge < -0.3 is 14.8 Å². The molecule has 0 aromatic rings. The maximum absolute atomic E-state index is 11.9. The fraction of sp³-hybridized carbons (Fsp3) is 0.833. The highest BCUT2D eigenvalue weighted by atomic mass is 16.5. The van der Waals surface area contributed by atoms with E-state index in [9.17, 15) is 9.59 Å². The highest BCUT2D eigenvalue weighted by molar-refractivity contribution is 5.90. The lowest BCUT2D eigenvalue weighted by atomic mass is 9.71. The van der Waals surface area contributed by atoms with Crippen molar-refractivity contribution in [1.82, 2.24) is 5.32 Å². The molecule has 1 N–H and O–H groups in total. The zero-order valence-electron chi connectivity index (χ0n) is 10.3. The van der Waals surface area contributed by atoms with Gasteiger partial charge in [0.15, 0.2) is 0 Å². The van der Waals surface area contributed by atoms with Crippen molar-refractivity contribution in [3.63, 3.8) is 0 Å². The first-order valence-electron chi connectivity index (χ1n) is 6.11. The molecule has 2 heterocycles. The molecule has 2 fully saturated rings. The highest BCUT2D eigenvalue weighted by Crippen LogP contribution is 2.43. The van der Waals surface area contributed by atoms with E-state index in [1.807, 2.05) is 6.92 Å². The average Bonchev–Trinajstić information content (AvgIpc) is 2.87. The summed E-state index contributed by atoms with van der Waals surface area (Å²) in [6.07, 6.45) is 1.28. The van der Waals surface area contributed by atoms with Crippen LogP contribution >= 0.6 is 0 Å². The molecule has 0 aromatic heterocycles. The van der Waals surface area contributed by atoms with Crippen LogP contribution < -0.4 is 5.32 Å². The van der Waals surface area contributed by atoms with Gasteiger partial charge in [0.1, 0.15) is 6.04 Å². The van der Waals surface area contributed by atoms with Gasteiger partial charge in [-0.2, -0.15) is 0 Å². The van der Waals surface area contributed by atoms with Crippen LogP contribution in [0.2, 0.25) is 0 Å². The molecule has 0 aliphatic carbocycles. The molecule has 3 atom stereocenters. The predicted molar refractivity (Wildman–Crippen MR) is 60.2 cm³/mol. The smallest absolute Gasteiger partial charge is 0.329 e. The molecule has 0 aromatic carbocycles. The van der Waals surface area contributed by atoms with Crippen LogP contribution in [0.3, 0.4) is 0 Å². The topological polar surface area (TPSA) is 64.6 Å². The maximum Gasteiger partial charge on any atom is 0.329 e. The van der Waals surface area contributed by atoms with E-state index in [0.717, 1.165) is 6.42 Å². The summed E-state index contributed by atoms with van der Waals surface area (Å²) in [7, 11) is 0. The molecule has 0 bridgehead atoms. The van der Waals surface area contributed by atoms with Gasteiger partial charge >= 0.3 is 5.97 Å². The summed E-state index contributed by atoms with van der Waals surface area (Å²) in [6.45, 7) is 5.42. The van der Waals surface area contributed by atoms with E-state index in [2.05, 4.69) is 5.32 Å². The van der Waals surface area contributed by atoms with Gasteiger partial charge in [-0.05, 0) is 19.3 Å². The van der Waals surface area contributed by atoms with E-state index in [1.165, 1.54) is 0 Å². The molecular formula is C12H19NO4. The number of esters is 1. The molecule has 0 radical (unpaired) electrons. The van der Waals surface area contributed by atoms with E-state index in [0.29, 0.717) is 26.2 Å². The van der Waals surface area contributed by atoms with E-state index in [1.54, 1.807) is 6.92 Å². The Labute approximate surface area is 101 Å². The highest BCUT2D eigenvalue weighted by Gasteiger charge is 2.53. The Morgan fingerprint density at radius 2 is 2.41 bits per heavy atom. The standard InChI is InChI=1S/C12H19NO4/c1-3-17-11(15)10-12(2,6-9(14)13-10)8-4-5-16-7-8/h8,10H,3-7H2,1-2H3,(H,13,14). The zero-order valence-corrected chi connectivity index (χ0v) is 10.3. The van der Waals surface area contributed by atoms with Gasteiger partial charge in [-0.15, -0.1) is 0 Å². The fourth-order valence-electron chi connectivity index (χ4n) is 2.81. The van der Waals surface area contributed by atoms with Crippen LogP contribution in [0.4, 0.5) is 0 Å². The molecule has 17 heavy (non-hydrogen) atoms. The minimum absolute atomic E-state index is 0.0718. The fourth-order valence-corrected chi connectivity index (χ4v) is 2.81. The van der Waals surface area contributed by atoms with E-state index in [4.69, 9.17) is 9.47 Å². The Kier molecular flexibility index (Phi) is 3.38. The Morgan fingerprint density at radius 1 is 1.65 bits per heavy atom. The van der Waals surface area contributed by atoms with Gasteiger partial charge in [0.05, 0.1) is 13.2 Å². The van der Waals surface area contributed by atoms with Crippen molar-refractivity contribution < 1.29 is 19.1 Å². The SMILES string of the molecule is CCOC(=O)C1NC(=O)CC1(C)C1CCOC1. The number of nitrogens with one attached hydrogen (secondary N) is 1. The first-order chi connectivity index (χ1) is 8.08. The molecule has 3 unspecified atom stereocenters. The minimum Gasteiger partial charge on any atom is -0.464 e. The number of rotatable bonds is 3. The van der Waals surface area contributed by atoms with Crippen molar-refractivity contribution in [3.8, 4) is 0 Å². The molecule has 2 aliphatic heterocycles. The van der Waals surface area contributed by atoms with Crippen molar-refractivity contribution >= 4 is 11.9 Å². The van der Waals surface area contributed by atoms with Crippen LogP contribution in [0.1, 0.15) is 26.7 Å². The van der Waals surface area contributed by atoms with Gasteiger partial charge in [-0.1, -0.05) is 6.92 Å². The molecule has 0 saturated carbocycles.